The van der Waals surface area contributed by atoms with Gasteiger partial charge in [0.2, 0.25) is 5.88 Å². The van der Waals surface area contributed by atoms with Crippen LogP contribution in [0.25, 0.3) is 0 Å². The summed E-state index contributed by atoms with van der Waals surface area (Å²) in [6, 6.07) is 3.83. The van der Waals surface area contributed by atoms with E-state index in [4.69, 9.17) is 14.5 Å². The Hall–Kier alpha value is -1.58. The van der Waals surface area contributed by atoms with Gasteiger partial charge in [-0.3, -0.25) is 4.79 Å². The third kappa shape index (κ3) is 6.00. The smallest absolute Gasteiger partial charge is 0.310 e. The van der Waals surface area contributed by atoms with E-state index in [1.807, 2.05) is 26.0 Å². The Morgan fingerprint density at radius 1 is 1.42 bits per heavy atom. The maximum atomic E-state index is 11.9. The molecule has 2 heterocycles. The normalized spacial score (nSPS) is 19.7. The molecule has 0 aliphatic carbocycles. The summed E-state index contributed by atoms with van der Waals surface area (Å²) in [7, 11) is 1.44. The van der Waals surface area contributed by atoms with Crippen LogP contribution in [-0.4, -0.2) is 55.2 Å². The van der Waals surface area contributed by atoms with Crippen molar-refractivity contribution in [3.63, 3.8) is 0 Å². The summed E-state index contributed by atoms with van der Waals surface area (Å²) in [4.78, 5) is 22.9. The summed E-state index contributed by atoms with van der Waals surface area (Å²) in [6.45, 7) is 9.33. The minimum atomic E-state index is -0.152. The molecule has 0 amide bonds. The minimum absolute atomic E-state index is 0. The molecule has 0 radical (unpaired) electrons. The number of esters is 1. The second-order valence-electron chi connectivity index (χ2n) is 6.12. The number of carbonyl (C=O) groups is 1. The molecule has 1 N–H and O–H groups in total. The first-order valence-corrected chi connectivity index (χ1v) is 8.77. The average Bonchev–Trinajstić information content (AvgIpc) is 3.00. The van der Waals surface area contributed by atoms with E-state index in [1.165, 1.54) is 7.11 Å². The fourth-order valence-electron chi connectivity index (χ4n) is 2.97. The van der Waals surface area contributed by atoms with Crippen LogP contribution in [0.3, 0.4) is 0 Å². The summed E-state index contributed by atoms with van der Waals surface area (Å²) >= 11 is 0. The predicted octanol–water partition coefficient (Wildman–Crippen LogP) is 2.30. The van der Waals surface area contributed by atoms with Gasteiger partial charge in [0, 0.05) is 31.9 Å². The lowest BCUT2D eigenvalue weighted by molar-refractivity contribution is -0.145. The fraction of sp³-hybridized carbons (Fsp3) is 0.611. The second-order valence-corrected chi connectivity index (χ2v) is 6.12. The monoisotopic (exact) mass is 476 g/mol. The van der Waals surface area contributed by atoms with Crippen molar-refractivity contribution >= 4 is 35.9 Å². The maximum Gasteiger partial charge on any atom is 0.310 e. The van der Waals surface area contributed by atoms with Gasteiger partial charge in [0.25, 0.3) is 0 Å². The Labute approximate surface area is 172 Å². The van der Waals surface area contributed by atoms with Gasteiger partial charge in [-0.2, -0.15) is 0 Å². The number of nitrogens with one attached hydrogen (secondary N) is 1. The molecule has 0 saturated carbocycles. The van der Waals surface area contributed by atoms with E-state index in [0.717, 1.165) is 24.6 Å². The van der Waals surface area contributed by atoms with Crippen LogP contribution in [0.2, 0.25) is 0 Å². The van der Waals surface area contributed by atoms with E-state index in [0.29, 0.717) is 25.6 Å². The molecule has 1 fully saturated rings. The van der Waals surface area contributed by atoms with E-state index in [-0.39, 0.29) is 41.8 Å². The highest BCUT2D eigenvalue weighted by Gasteiger charge is 2.36. The first-order valence-electron chi connectivity index (χ1n) is 8.77. The van der Waals surface area contributed by atoms with Crippen LogP contribution in [0.5, 0.6) is 5.88 Å². The third-order valence-electron chi connectivity index (χ3n) is 4.25. The number of methoxy groups -OCH3 is 1. The third-order valence-corrected chi connectivity index (χ3v) is 4.25. The number of ether oxygens (including phenoxy) is 2. The Balaban J connectivity index is 0.00000338. The van der Waals surface area contributed by atoms with Crippen molar-refractivity contribution in [3.8, 4) is 5.88 Å². The minimum Gasteiger partial charge on any atom is -0.478 e. The number of pyridine rings is 1. The number of nitrogens with zero attached hydrogens (tertiary/aromatic N) is 3. The number of hydrogen-bond donors (Lipinski definition) is 1. The molecular formula is C18H29IN4O3. The lowest BCUT2D eigenvalue weighted by Gasteiger charge is -2.21. The summed E-state index contributed by atoms with van der Waals surface area (Å²) in [5.41, 5.74) is 1.03. The first-order chi connectivity index (χ1) is 12.1. The van der Waals surface area contributed by atoms with Gasteiger partial charge in [0.05, 0.1) is 26.2 Å². The molecular weight excluding hydrogens is 447 g/mol. The Morgan fingerprint density at radius 2 is 2.19 bits per heavy atom. The molecule has 0 bridgehead atoms. The van der Waals surface area contributed by atoms with E-state index in [2.05, 4.69) is 22.1 Å². The van der Waals surface area contributed by atoms with Crippen molar-refractivity contribution in [2.75, 3.05) is 33.4 Å². The number of aliphatic imine (C=N–C) groups is 1. The van der Waals surface area contributed by atoms with Crippen LogP contribution in [0.1, 0.15) is 26.3 Å². The van der Waals surface area contributed by atoms with Gasteiger partial charge in [-0.1, -0.05) is 6.92 Å². The van der Waals surface area contributed by atoms with Crippen molar-refractivity contribution in [2.24, 2.45) is 16.8 Å². The summed E-state index contributed by atoms with van der Waals surface area (Å²) in [5.74, 6) is 1.40. The quantitative estimate of drug-likeness (QED) is 0.294. The van der Waals surface area contributed by atoms with Crippen molar-refractivity contribution in [3.05, 3.63) is 23.9 Å². The highest BCUT2D eigenvalue weighted by atomic mass is 127. The van der Waals surface area contributed by atoms with Crippen LogP contribution in [0, 0.1) is 11.8 Å². The lowest BCUT2D eigenvalue weighted by Crippen LogP contribution is -2.40. The largest absolute Gasteiger partial charge is 0.478 e. The zero-order chi connectivity index (χ0) is 18.2. The summed E-state index contributed by atoms with van der Waals surface area (Å²) in [5, 5.41) is 3.31. The fourth-order valence-corrected chi connectivity index (χ4v) is 2.97. The van der Waals surface area contributed by atoms with Gasteiger partial charge in [-0.05, 0) is 31.4 Å². The molecule has 26 heavy (non-hydrogen) atoms. The lowest BCUT2D eigenvalue weighted by atomic mass is 9.99. The topological polar surface area (TPSA) is 76.1 Å². The molecule has 1 aliphatic heterocycles. The van der Waals surface area contributed by atoms with Crippen molar-refractivity contribution in [1.82, 2.24) is 15.2 Å². The van der Waals surface area contributed by atoms with E-state index >= 15 is 0 Å². The highest BCUT2D eigenvalue weighted by molar-refractivity contribution is 14.0. The molecule has 2 rings (SSSR count). The molecule has 146 valence electrons. The van der Waals surface area contributed by atoms with Gasteiger partial charge in [-0.15, -0.1) is 24.0 Å². The zero-order valence-corrected chi connectivity index (χ0v) is 18.2. The molecule has 8 heteroatoms. The molecule has 7 nitrogen and oxygen atoms in total. The number of aromatic nitrogens is 1. The van der Waals surface area contributed by atoms with Crippen LogP contribution < -0.4 is 10.1 Å². The maximum absolute atomic E-state index is 11.9. The van der Waals surface area contributed by atoms with Gasteiger partial charge in [-0.25, -0.2) is 9.98 Å². The summed E-state index contributed by atoms with van der Waals surface area (Å²) < 4.78 is 10.3. The SMILES string of the molecule is CCNC(=NCc1ccnc(OCC)c1)N1CC(C)C(C(=O)OC)C1.I. The predicted molar refractivity (Wildman–Crippen MR) is 112 cm³/mol. The van der Waals surface area contributed by atoms with Crippen LogP contribution >= 0.6 is 24.0 Å². The van der Waals surface area contributed by atoms with Gasteiger partial charge in [0.15, 0.2) is 5.96 Å². The van der Waals surface area contributed by atoms with E-state index in [1.54, 1.807) is 6.20 Å². The number of likely N-dealkylation sites (tertiary alicyclic amines) is 1. The van der Waals surface area contributed by atoms with Crippen molar-refractivity contribution in [1.29, 1.82) is 0 Å². The molecule has 0 spiro atoms. The van der Waals surface area contributed by atoms with Gasteiger partial charge >= 0.3 is 5.97 Å². The first kappa shape index (κ1) is 22.5. The Morgan fingerprint density at radius 3 is 2.85 bits per heavy atom. The molecule has 1 aromatic rings. The van der Waals surface area contributed by atoms with Crippen LogP contribution in [-0.2, 0) is 16.1 Å². The Bertz CT molecular complexity index is 612. The van der Waals surface area contributed by atoms with E-state index < -0.39 is 0 Å². The second kappa shape index (κ2) is 11.2. The standard InChI is InChI=1S/C18H28N4O3.HI/c1-5-19-18(22-11-13(3)15(12-22)17(23)24-4)21-10-14-7-8-20-16(9-14)25-6-2;/h7-9,13,15H,5-6,10-12H2,1-4H3,(H,19,21);1H. The number of guanidine groups is 1. The molecule has 1 saturated heterocycles. The molecule has 2 unspecified atom stereocenters. The number of hydrogen-bond acceptors (Lipinski definition) is 5. The van der Waals surface area contributed by atoms with Gasteiger partial charge < -0.3 is 19.7 Å². The molecule has 1 aliphatic rings. The highest BCUT2D eigenvalue weighted by Crippen LogP contribution is 2.24. The van der Waals surface area contributed by atoms with Crippen molar-refractivity contribution in [2.45, 2.75) is 27.3 Å². The number of carbonyl (C=O) groups excluding carboxylic acids is 1. The molecule has 1 aromatic heterocycles. The van der Waals surface area contributed by atoms with Crippen LogP contribution in [0.15, 0.2) is 23.3 Å². The Kier molecular flexibility index (Phi) is 9.68. The van der Waals surface area contributed by atoms with E-state index in [9.17, 15) is 4.79 Å². The molecule has 0 aromatic carbocycles. The summed E-state index contributed by atoms with van der Waals surface area (Å²) in [6.07, 6.45) is 1.73. The number of rotatable bonds is 6. The number of halogens is 1. The molecule has 2 atom stereocenters. The average molecular weight is 476 g/mol. The van der Waals surface area contributed by atoms with Gasteiger partial charge in [0.1, 0.15) is 0 Å². The zero-order valence-electron chi connectivity index (χ0n) is 15.9. The van der Waals surface area contributed by atoms with Crippen molar-refractivity contribution < 1.29 is 14.3 Å². The van der Waals surface area contributed by atoms with Crippen LogP contribution in [0.4, 0.5) is 0 Å².